The maximum absolute atomic E-state index is 13.4. The molecule has 2 aliphatic heterocycles. The van der Waals surface area contributed by atoms with Crippen LogP contribution in [-0.4, -0.2) is 29.4 Å². The van der Waals surface area contributed by atoms with Crippen molar-refractivity contribution in [2.45, 2.75) is 12.3 Å². The van der Waals surface area contributed by atoms with Crippen molar-refractivity contribution in [3.8, 4) is 23.0 Å². The van der Waals surface area contributed by atoms with E-state index in [-0.39, 0.29) is 30.1 Å². The number of anilines is 1. The Balaban J connectivity index is 1.37. The van der Waals surface area contributed by atoms with Gasteiger partial charge in [0, 0.05) is 30.1 Å². The van der Waals surface area contributed by atoms with Crippen molar-refractivity contribution in [2.75, 3.05) is 18.2 Å². The van der Waals surface area contributed by atoms with Gasteiger partial charge >= 0.3 is 0 Å². The van der Waals surface area contributed by atoms with Crippen LogP contribution in [0.25, 0.3) is 11.5 Å². The van der Waals surface area contributed by atoms with E-state index in [4.69, 9.17) is 25.6 Å². The van der Waals surface area contributed by atoms with Gasteiger partial charge in [-0.1, -0.05) is 16.8 Å². The third kappa shape index (κ3) is 2.86. The van der Waals surface area contributed by atoms with Crippen LogP contribution < -0.4 is 14.4 Å². The van der Waals surface area contributed by atoms with Crippen LogP contribution in [0, 0.1) is 5.82 Å². The van der Waals surface area contributed by atoms with Gasteiger partial charge in [-0.25, -0.2) is 4.39 Å². The second-order valence-electron chi connectivity index (χ2n) is 6.53. The number of nitrogens with zero attached hydrogens (tertiary/aromatic N) is 3. The number of carbonyl (C=O) groups is 1. The Morgan fingerprint density at radius 2 is 2.00 bits per heavy atom. The highest BCUT2D eigenvalue weighted by Gasteiger charge is 2.35. The summed E-state index contributed by atoms with van der Waals surface area (Å²) < 4.78 is 29.4. The van der Waals surface area contributed by atoms with E-state index in [2.05, 4.69) is 10.1 Å². The van der Waals surface area contributed by atoms with Gasteiger partial charge in [-0.3, -0.25) is 4.79 Å². The minimum Gasteiger partial charge on any atom is -0.454 e. The Hall–Kier alpha value is -3.13. The van der Waals surface area contributed by atoms with Gasteiger partial charge in [0.15, 0.2) is 17.3 Å². The largest absolute Gasteiger partial charge is 0.454 e. The summed E-state index contributed by atoms with van der Waals surface area (Å²) in [5.41, 5.74) is 1.24. The normalized spacial score (nSPS) is 18.1. The molecule has 28 heavy (non-hydrogen) atoms. The summed E-state index contributed by atoms with van der Waals surface area (Å²) in [5, 5.41) is 4.01. The lowest BCUT2D eigenvalue weighted by atomic mass is 10.1. The molecular formula is C19H13ClFN3O4. The van der Waals surface area contributed by atoms with Crippen molar-refractivity contribution in [1.29, 1.82) is 0 Å². The molecule has 0 N–H and O–H groups in total. The molecule has 1 amide bonds. The number of ether oxygens (including phenoxy) is 2. The third-order valence-corrected chi connectivity index (χ3v) is 5.06. The van der Waals surface area contributed by atoms with Gasteiger partial charge in [0.25, 0.3) is 5.89 Å². The second-order valence-corrected chi connectivity index (χ2v) is 6.94. The molecule has 0 unspecified atom stereocenters. The first-order valence-corrected chi connectivity index (χ1v) is 8.95. The molecule has 1 aromatic heterocycles. The molecule has 0 radical (unpaired) electrons. The Morgan fingerprint density at radius 1 is 1.14 bits per heavy atom. The molecule has 5 rings (SSSR count). The van der Waals surface area contributed by atoms with E-state index < -0.39 is 5.82 Å². The zero-order valence-electron chi connectivity index (χ0n) is 14.4. The Kier molecular flexibility index (Phi) is 3.94. The van der Waals surface area contributed by atoms with Crippen LogP contribution in [0.5, 0.6) is 11.5 Å². The first-order chi connectivity index (χ1) is 13.6. The van der Waals surface area contributed by atoms with E-state index in [1.807, 2.05) is 0 Å². The number of hydrogen-bond donors (Lipinski definition) is 0. The smallest absolute Gasteiger partial charge is 0.258 e. The highest BCUT2D eigenvalue weighted by atomic mass is 35.5. The number of benzene rings is 2. The number of hydrogen-bond acceptors (Lipinski definition) is 6. The van der Waals surface area contributed by atoms with Gasteiger partial charge in [0.2, 0.25) is 12.7 Å². The quantitative estimate of drug-likeness (QED) is 0.664. The fourth-order valence-corrected chi connectivity index (χ4v) is 3.51. The monoisotopic (exact) mass is 401 g/mol. The van der Waals surface area contributed by atoms with E-state index in [0.29, 0.717) is 41.0 Å². The van der Waals surface area contributed by atoms with E-state index in [1.165, 1.54) is 18.2 Å². The predicted octanol–water partition coefficient (Wildman–Crippen LogP) is 3.78. The molecule has 0 aliphatic carbocycles. The molecule has 3 heterocycles. The van der Waals surface area contributed by atoms with E-state index in [9.17, 15) is 9.18 Å². The fourth-order valence-electron chi connectivity index (χ4n) is 3.33. The number of amides is 1. The molecule has 7 nitrogen and oxygen atoms in total. The Labute approximate surface area is 163 Å². The highest BCUT2D eigenvalue weighted by Crippen LogP contribution is 2.37. The number of aromatic nitrogens is 2. The van der Waals surface area contributed by atoms with E-state index in [0.717, 1.165) is 0 Å². The molecule has 0 saturated carbocycles. The lowest BCUT2D eigenvalue weighted by Crippen LogP contribution is -2.24. The summed E-state index contributed by atoms with van der Waals surface area (Å²) in [6, 6.07) is 9.55. The summed E-state index contributed by atoms with van der Waals surface area (Å²) in [6.45, 7) is 0.544. The highest BCUT2D eigenvalue weighted by molar-refractivity contribution is 6.31. The van der Waals surface area contributed by atoms with Crippen molar-refractivity contribution < 1.29 is 23.2 Å². The lowest BCUT2D eigenvalue weighted by molar-refractivity contribution is -0.117. The molecule has 3 aromatic rings. The van der Waals surface area contributed by atoms with Crippen LogP contribution in [0.1, 0.15) is 18.2 Å². The minimum absolute atomic E-state index is 0.0293. The Bertz CT molecular complexity index is 1090. The molecule has 1 saturated heterocycles. The van der Waals surface area contributed by atoms with Crippen LogP contribution in [0.15, 0.2) is 40.9 Å². The Morgan fingerprint density at radius 3 is 2.86 bits per heavy atom. The van der Waals surface area contributed by atoms with Crippen LogP contribution >= 0.6 is 11.6 Å². The zero-order chi connectivity index (χ0) is 19.3. The van der Waals surface area contributed by atoms with Gasteiger partial charge in [-0.05, 0) is 36.4 Å². The molecule has 1 fully saturated rings. The van der Waals surface area contributed by atoms with Crippen molar-refractivity contribution in [1.82, 2.24) is 10.1 Å². The van der Waals surface area contributed by atoms with Crippen molar-refractivity contribution in [3.05, 3.63) is 53.1 Å². The number of halogens is 2. The minimum atomic E-state index is -0.528. The fraction of sp³-hybridized carbons (Fsp3) is 0.211. The van der Waals surface area contributed by atoms with Crippen molar-refractivity contribution in [2.24, 2.45) is 0 Å². The lowest BCUT2D eigenvalue weighted by Gasteiger charge is -2.16. The maximum atomic E-state index is 13.4. The molecule has 2 aromatic carbocycles. The molecule has 1 atom stereocenters. The van der Waals surface area contributed by atoms with E-state index in [1.54, 1.807) is 23.1 Å². The molecule has 0 spiro atoms. The van der Waals surface area contributed by atoms with Gasteiger partial charge < -0.3 is 18.9 Å². The summed E-state index contributed by atoms with van der Waals surface area (Å²) in [6.07, 6.45) is 0.231. The predicted molar refractivity (Wildman–Crippen MR) is 97.0 cm³/mol. The third-order valence-electron chi connectivity index (χ3n) is 4.77. The van der Waals surface area contributed by atoms with Gasteiger partial charge in [-0.2, -0.15) is 4.98 Å². The van der Waals surface area contributed by atoms with Crippen LogP contribution in [-0.2, 0) is 4.79 Å². The van der Waals surface area contributed by atoms with Crippen LogP contribution in [0.4, 0.5) is 10.1 Å². The SMILES string of the molecule is O=C1C[C@@H](c2noc(-c3ccc4c(c3)OCO4)n2)CN1c1ccc(F)c(Cl)c1. The van der Waals surface area contributed by atoms with Crippen molar-refractivity contribution >= 4 is 23.2 Å². The second kappa shape index (κ2) is 6.49. The summed E-state index contributed by atoms with van der Waals surface area (Å²) in [4.78, 5) is 18.4. The van der Waals surface area contributed by atoms with Gasteiger partial charge in [0.1, 0.15) is 5.82 Å². The summed E-state index contributed by atoms with van der Waals surface area (Å²) >= 11 is 5.83. The average molecular weight is 402 g/mol. The molecular weight excluding hydrogens is 389 g/mol. The van der Waals surface area contributed by atoms with Gasteiger partial charge in [-0.15, -0.1) is 0 Å². The molecule has 142 valence electrons. The number of rotatable bonds is 3. The van der Waals surface area contributed by atoms with Gasteiger partial charge in [0.05, 0.1) is 5.02 Å². The van der Waals surface area contributed by atoms with Crippen molar-refractivity contribution in [3.63, 3.8) is 0 Å². The zero-order valence-corrected chi connectivity index (χ0v) is 15.1. The standard InChI is InChI=1S/C19H13ClFN3O4/c20-13-7-12(2-3-14(13)21)24-8-11(6-17(24)25)18-22-19(28-23-18)10-1-4-15-16(5-10)27-9-26-15/h1-5,7,11H,6,8-9H2/t11-/m1/s1. The number of carbonyl (C=O) groups excluding carboxylic acids is 1. The topological polar surface area (TPSA) is 77.7 Å². The van der Waals surface area contributed by atoms with Crippen LogP contribution in [0.2, 0.25) is 5.02 Å². The summed E-state index contributed by atoms with van der Waals surface area (Å²) in [7, 11) is 0. The molecule has 0 bridgehead atoms. The first kappa shape index (κ1) is 17.0. The first-order valence-electron chi connectivity index (χ1n) is 8.57. The summed E-state index contributed by atoms with van der Waals surface area (Å²) in [5.74, 6) is 1.19. The maximum Gasteiger partial charge on any atom is 0.258 e. The molecule has 9 heteroatoms. The van der Waals surface area contributed by atoms with Crippen LogP contribution in [0.3, 0.4) is 0 Å². The molecule has 2 aliphatic rings. The number of fused-ring (bicyclic) bond motifs is 1. The van der Waals surface area contributed by atoms with E-state index >= 15 is 0 Å². The average Bonchev–Trinajstić information content (AvgIpc) is 3.42.